The van der Waals surface area contributed by atoms with Crippen LogP contribution < -0.4 is 5.32 Å². The molecule has 1 unspecified atom stereocenters. The summed E-state index contributed by atoms with van der Waals surface area (Å²) in [5.74, 6) is 0.0709. The van der Waals surface area contributed by atoms with E-state index in [4.69, 9.17) is 0 Å². The number of amides is 1. The number of likely N-dealkylation sites (N-methyl/N-ethyl adjacent to an activating group) is 1. The summed E-state index contributed by atoms with van der Waals surface area (Å²) in [5, 5.41) is 4.21. The van der Waals surface area contributed by atoms with Crippen LogP contribution in [0.4, 0.5) is 0 Å². The van der Waals surface area contributed by atoms with Crippen molar-refractivity contribution in [2.45, 2.75) is 19.4 Å². The minimum Gasteiger partial charge on any atom is -0.337 e. The second-order valence-electron chi connectivity index (χ2n) is 5.54. The van der Waals surface area contributed by atoms with Crippen LogP contribution >= 0.6 is 15.9 Å². The average Bonchev–Trinajstić information content (AvgIpc) is 2.98. The number of hydrogen-bond acceptors (Lipinski definition) is 3. The van der Waals surface area contributed by atoms with Crippen LogP contribution in [0.15, 0.2) is 28.7 Å². The zero-order valence-corrected chi connectivity index (χ0v) is 13.8. The van der Waals surface area contributed by atoms with Crippen molar-refractivity contribution in [3.05, 3.63) is 40.0 Å². The first-order valence-electron chi connectivity index (χ1n) is 7.11. The van der Waals surface area contributed by atoms with E-state index in [1.54, 1.807) is 0 Å². The first-order valence-corrected chi connectivity index (χ1v) is 7.90. The molecule has 3 rings (SSSR count). The Morgan fingerprint density at radius 2 is 2.24 bits per heavy atom. The molecular formula is C16H18BrN3O. The third-order valence-corrected chi connectivity index (χ3v) is 4.53. The Morgan fingerprint density at radius 3 is 2.95 bits per heavy atom. The average molecular weight is 348 g/mol. The van der Waals surface area contributed by atoms with Gasteiger partial charge in [-0.2, -0.15) is 0 Å². The number of hydrogen-bond donors (Lipinski definition) is 1. The van der Waals surface area contributed by atoms with Crippen LogP contribution in [-0.2, 0) is 0 Å². The van der Waals surface area contributed by atoms with Crippen LogP contribution in [-0.4, -0.2) is 42.0 Å². The highest BCUT2D eigenvalue weighted by Gasteiger charge is 2.25. The van der Waals surface area contributed by atoms with Gasteiger partial charge >= 0.3 is 0 Å². The highest BCUT2D eigenvalue weighted by atomic mass is 79.9. The maximum Gasteiger partial charge on any atom is 0.254 e. The van der Waals surface area contributed by atoms with E-state index >= 15 is 0 Å². The van der Waals surface area contributed by atoms with Crippen molar-refractivity contribution in [3.63, 3.8) is 0 Å². The number of rotatable bonds is 2. The molecule has 1 aliphatic rings. The third-order valence-electron chi connectivity index (χ3n) is 4.03. The Hall–Kier alpha value is -1.46. The Bertz CT molecular complexity index is 690. The molecule has 1 aromatic carbocycles. The fourth-order valence-electron chi connectivity index (χ4n) is 2.84. The number of pyridine rings is 1. The lowest BCUT2D eigenvalue weighted by atomic mass is 10.1. The Kier molecular flexibility index (Phi) is 3.95. The van der Waals surface area contributed by atoms with Crippen molar-refractivity contribution in [2.24, 2.45) is 0 Å². The van der Waals surface area contributed by atoms with Crippen molar-refractivity contribution in [3.8, 4) is 0 Å². The Morgan fingerprint density at radius 1 is 1.43 bits per heavy atom. The molecule has 0 bridgehead atoms. The molecule has 0 radical (unpaired) electrons. The van der Waals surface area contributed by atoms with E-state index in [1.807, 2.05) is 43.1 Å². The van der Waals surface area contributed by atoms with Gasteiger partial charge < -0.3 is 10.2 Å². The van der Waals surface area contributed by atoms with Gasteiger partial charge in [0.1, 0.15) is 0 Å². The second-order valence-corrected chi connectivity index (χ2v) is 6.45. The molecule has 2 aromatic rings. The zero-order valence-electron chi connectivity index (χ0n) is 12.2. The van der Waals surface area contributed by atoms with E-state index in [1.165, 1.54) is 0 Å². The number of carbonyl (C=O) groups excluding carboxylic acids is 1. The van der Waals surface area contributed by atoms with Gasteiger partial charge in [-0.1, -0.05) is 22.0 Å². The van der Waals surface area contributed by atoms with E-state index in [2.05, 4.69) is 26.2 Å². The quantitative estimate of drug-likeness (QED) is 0.908. The summed E-state index contributed by atoms with van der Waals surface area (Å²) in [5.41, 5.74) is 2.45. The van der Waals surface area contributed by atoms with Gasteiger partial charge in [0.25, 0.3) is 5.91 Å². The summed E-state index contributed by atoms with van der Waals surface area (Å²) in [4.78, 5) is 19.2. The molecule has 2 heterocycles. The molecule has 110 valence electrons. The summed E-state index contributed by atoms with van der Waals surface area (Å²) in [6.45, 7) is 3.77. The van der Waals surface area contributed by atoms with Gasteiger partial charge in [-0.25, -0.2) is 0 Å². The predicted molar refractivity (Wildman–Crippen MR) is 87.5 cm³/mol. The molecular weight excluding hydrogens is 330 g/mol. The summed E-state index contributed by atoms with van der Waals surface area (Å²) in [7, 11) is 1.89. The van der Waals surface area contributed by atoms with Crippen LogP contribution in [0.3, 0.4) is 0 Å². The molecule has 1 aliphatic heterocycles. The van der Waals surface area contributed by atoms with E-state index in [0.29, 0.717) is 0 Å². The number of nitrogens with zero attached hydrogens (tertiary/aromatic N) is 2. The van der Waals surface area contributed by atoms with Crippen LogP contribution in [0, 0.1) is 6.92 Å². The van der Waals surface area contributed by atoms with Crippen molar-refractivity contribution in [1.29, 1.82) is 0 Å². The lowest BCUT2D eigenvalue weighted by Gasteiger charge is -2.24. The molecule has 1 N–H and O–H groups in total. The lowest BCUT2D eigenvalue weighted by molar-refractivity contribution is 0.0745. The fourth-order valence-corrected chi connectivity index (χ4v) is 3.19. The molecule has 1 aromatic heterocycles. The Labute approximate surface area is 132 Å². The van der Waals surface area contributed by atoms with Gasteiger partial charge in [0.15, 0.2) is 0 Å². The minimum atomic E-state index is 0.0709. The largest absolute Gasteiger partial charge is 0.337 e. The molecule has 1 amide bonds. The normalized spacial score (nSPS) is 18.1. The van der Waals surface area contributed by atoms with Crippen LogP contribution in [0.2, 0.25) is 0 Å². The SMILES string of the molecule is Cc1cc(C(=O)N(C)C2CCNC2)c2ccc(Br)cc2n1. The first-order chi connectivity index (χ1) is 10.1. The molecule has 1 saturated heterocycles. The zero-order chi connectivity index (χ0) is 15.0. The van der Waals surface area contributed by atoms with E-state index < -0.39 is 0 Å². The summed E-state index contributed by atoms with van der Waals surface area (Å²) >= 11 is 3.46. The van der Waals surface area contributed by atoms with E-state index in [0.717, 1.165) is 46.1 Å². The van der Waals surface area contributed by atoms with Crippen LogP contribution in [0.5, 0.6) is 0 Å². The predicted octanol–water partition coefficient (Wildman–Crippen LogP) is 2.74. The Balaban J connectivity index is 2.04. The molecule has 1 fully saturated rings. The van der Waals surface area contributed by atoms with Crippen molar-refractivity contribution < 1.29 is 4.79 Å². The fraction of sp³-hybridized carbons (Fsp3) is 0.375. The molecule has 21 heavy (non-hydrogen) atoms. The van der Waals surface area contributed by atoms with Gasteiger partial charge in [0.05, 0.1) is 11.1 Å². The van der Waals surface area contributed by atoms with Crippen molar-refractivity contribution in [2.75, 3.05) is 20.1 Å². The maximum absolute atomic E-state index is 12.8. The third kappa shape index (κ3) is 2.80. The van der Waals surface area contributed by atoms with Gasteiger partial charge in [0.2, 0.25) is 0 Å². The van der Waals surface area contributed by atoms with Gasteiger partial charge in [-0.05, 0) is 38.1 Å². The summed E-state index contributed by atoms with van der Waals surface area (Å²) in [6.07, 6.45) is 1.01. The van der Waals surface area contributed by atoms with Gasteiger partial charge in [-0.3, -0.25) is 9.78 Å². The van der Waals surface area contributed by atoms with E-state index in [-0.39, 0.29) is 11.9 Å². The number of halogens is 1. The smallest absolute Gasteiger partial charge is 0.254 e. The van der Waals surface area contributed by atoms with Crippen LogP contribution in [0.25, 0.3) is 10.9 Å². The molecule has 0 aliphatic carbocycles. The first kappa shape index (κ1) is 14.5. The topological polar surface area (TPSA) is 45.2 Å². The van der Waals surface area contributed by atoms with E-state index in [9.17, 15) is 4.79 Å². The monoisotopic (exact) mass is 347 g/mol. The molecule has 5 heteroatoms. The second kappa shape index (κ2) is 5.73. The maximum atomic E-state index is 12.8. The van der Waals surface area contributed by atoms with Gasteiger partial charge in [0, 0.05) is 35.2 Å². The van der Waals surface area contributed by atoms with Crippen LogP contribution in [0.1, 0.15) is 22.5 Å². The number of aromatic nitrogens is 1. The summed E-state index contributed by atoms with van der Waals surface area (Å²) in [6, 6.07) is 8.03. The highest BCUT2D eigenvalue weighted by molar-refractivity contribution is 9.10. The molecule has 1 atom stereocenters. The number of carbonyl (C=O) groups is 1. The number of fused-ring (bicyclic) bond motifs is 1. The summed E-state index contributed by atoms with van der Waals surface area (Å²) < 4.78 is 0.972. The van der Waals surface area contributed by atoms with Gasteiger partial charge in [-0.15, -0.1) is 0 Å². The minimum absolute atomic E-state index is 0.0709. The molecule has 0 saturated carbocycles. The number of aryl methyl sites for hydroxylation is 1. The van der Waals surface area contributed by atoms with Crippen molar-refractivity contribution in [1.82, 2.24) is 15.2 Å². The standard InChI is InChI=1S/C16H18BrN3O/c1-10-7-14(13-4-3-11(17)8-15(13)19-10)16(21)20(2)12-5-6-18-9-12/h3-4,7-8,12,18H,5-6,9H2,1-2H3. The molecule has 0 spiro atoms. The van der Waals surface area contributed by atoms with Crippen molar-refractivity contribution >= 4 is 32.7 Å². The molecule has 4 nitrogen and oxygen atoms in total. The lowest BCUT2D eigenvalue weighted by Crippen LogP contribution is -2.38. The highest BCUT2D eigenvalue weighted by Crippen LogP contribution is 2.24. The number of nitrogens with one attached hydrogen (secondary N) is 1. The number of benzene rings is 1.